The summed E-state index contributed by atoms with van der Waals surface area (Å²) in [6, 6.07) is 9.36. The second-order valence-electron chi connectivity index (χ2n) is 7.31. The Kier molecular flexibility index (Phi) is 4.48. The number of hydrogen-bond acceptors (Lipinski definition) is 7. The molecule has 5 rings (SSSR count). The number of fused-ring (bicyclic) bond motifs is 5. The van der Waals surface area contributed by atoms with Gasteiger partial charge in [0, 0.05) is 51.7 Å². The number of carbonyl (C=O) groups excluding carboxylic acids is 1. The molecule has 0 spiro atoms. The molecule has 3 aromatic heterocycles. The van der Waals surface area contributed by atoms with Crippen molar-refractivity contribution in [2.24, 2.45) is 5.73 Å². The molecule has 0 fully saturated rings. The van der Waals surface area contributed by atoms with Gasteiger partial charge in [0.25, 0.3) is 5.91 Å². The number of rotatable bonds is 3. The zero-order valence-corrected chi connectivity index (χ0v) is 16.9. The second kappa shape index (κ2) is 7.19. The summed E-state index contributed by atoms with van der Waals surface area (Å²) in [5, 5.41) is 12.3. The molecule has 4 heterocycles. The third-order valence-corrected chi connectivity index (χ3v) is 6.34. The van der Waals surface area contributed by atoms with E-state index in [1.165, 1.54) is 9.58 Å². The first-order chi connectivity index (χ1) is 14.5. The second-order valence-corrected chi connectivity index (χ2v) is 8.44. The molecule has 1 aliphatic rings. The van der Waals surface area contributed by atoms with Crippen molar-refractivity contribution in [3.05, 3.63) is 52.9 Å². The summed E-state index contributed by atoms with van der Waals surface area (Å²) in [6.45, 7) is 3.85. The number of hydrogen-bond donors (Lipinski definition) is 4. The summed E-state index contributed by atoms with van der Waals surface area (Å²) < 4.78 is 14.8. The number of carbonyl (C=O) groups is 1. The minimum Gasteiger partial charge on any atom is -0.382 e. The Balaban J connectivity index is 1.58. The van der Waals surface area contributed by atoms with Crippen LogP contribution in [0.2, 0.25) is 0 Å². The highest BCUT2D eigenvalue weighted by atomic mass is 32.1. The van der Waals surface area contributed by atoms with Gasteiger partial charge in [-0.2, -0.15) is 4.39 Å². The molecule has 0 saturated carbocycles. The summed E-state index contributed by atoms with van der Waals surface area (Å²) in [4.78, 5) is 21.1. The van der Waals surface area contributed by atoms with Crippen LogP contribution in [-0.2, 0) is 6.54 Å². The molecule has 1 amide bonds. The van der Waals surface area contributed by atoms with E-state index in [0.29, 0.717) is 11.9 Å². The molecular formula is C21H19FN6OS. The van der Waals surface area contributed by atoms with Crippen molar-refractivity contribution in [3.63, 3.8) is 0 Å². The van der Waals surface area contributed by atoms with Crippen LogP contribution in [0.4, 0.5) is 21.6 Å². The van der Waals surface area contributed by atoms with Crippen molar-refractivity contribution < 1.29 is 9.18 Å². The summed E-state index contributed by atoms with van der Waals surface area (Å²) in [6.07, 6.45) is 1.12. The lowest BCUT2D eigenvalue weighted by atomic mass is 10.1. The number of aromatic nitrogens is 2. The van der Waals surface area contributed by atoms with E-state index in [9.17, 15) is 9.18 Å². The van der Waals surface area contributed by atoms with Gasteiger partial charge in [0.2, 0.25) is 5.95 Å². The average Bonchev–Trinajstić information content (AvgIpc) is 2.98. The fourth-order valence-corrected chi connectivity index (χ4v) is 4.84. The fourth-order valence-electron chi connectivity index (χ4n) is 3.69. The first-order valence-corrected chi connectivity index (χ1v) is 10.4. The van der Waals surface area contributed by atoms with Crippen molar-refractivity contribution >= 4 is 55.4 Å². The quantitative estimate of drug-likeness (QED) is 0.375. The van der Waals surface area contributed by atoms with Gasteiger partial charge >= 0.3 is 0 Å². The van der Waals surface area contributed by atoms with E-state index in [-0.39, 0.29) is 11.3 Å². The van der Waals surface area contributed by atoms with Crippen LogP contribution in [-0.4, -0.2) is 28.5 Å². The number of pyridine rings is 2. The van der Waals surface area contributed by atoms with E-state index in [1.807, 2.05) is 18.2 Å². The van der Waals surface area contributed by atoms with E-state index < -0.39 is 11.9 Å². The van der Waals surface area contributed by atoms with E-state index in [1.54, 1.807) is 11.3 Å². The molecule has 152 valence electrons. The zero-order chi connectivity index (χ0) is 20.8. The SMILES string of the molecule is C[C@@H]1CNc2c(sc3ccc4nc(Nc5cc(F)ncc5C(N)=O)ccc4c23)CN1. The number of halogens is 1. The molecule has 0 radical (unpaired) electrons. The molecule has 9 heteroatoms. The summed E-state index contributed by atoms with van der Waals surface area (Å²) in [5.41, 5.74) is 7.66. The molecule has 0 saturated heterocycles. The zero-order valence-electron chi connectivity index (χ0n) is 16.1. The topological polar surface area (TPSA) is 105 Å². The third kappa shape index (κ3) is 3.21. The Morgan fingerprint density at radius 1 is 1.33 bits per heavy atom. The lowest BCUT2D eigenvalue weighted by Crippen LogP contribution is -2.29. The first kappa shape index (κ1) is 18.7. The normalized spacial score (nSPS) is 16.1. The van der Waals surface area contributed by atoms with Crippen LogP contribution in [0.15, 0.2) is 36.5 Å². The Labute approximate surface area is 175 Å². The van der Waals surface area contributed by atoms with Crippen LogP contribution >= 0.6 is 11.3 Å². The van der Waals surface area contributed by atoms with Crippen LogP contribution < -0.4 is 21.7 Å². The predicted molar refractivity (Wildman–Crippen MR) is 118 cm³/mol. The van der Waals surface area contributed by atoms with Gasteiger partial charge in [0.05, 0.1) is 22.5 Å². The Bertz CT molecular complexity index is 1300. The van der Waals surface area contributed by atoms with E-state index >= 15 is 0 Å². The molecule has 0 unspecified atom stereocenters. The largest absolute Gasteiger partial charge is 0.382 e. The highest BCUT2D eigenvalue weighted by molar-refractivity contribution is 7.20. The first-order valence-electron chi connectivity index (χ1n) is 9.54. The molecule has 1 atom stereocenters. The van der Waals surface area contributed by atoms with Gasteiger partial charge in [0.15, 0.2) is 0 Å². The van der Waals surface area contributed by atoms with Crippen molar-refractivity contribution in [2.45, 2.75) is 19.5 Å². The maximum absolute atomic E-state index is 13.6. The molecule has 0 bridgehead atoms. The predicted octanol–water partition coefficient (Wildman–Crippen LogP) is 3.73. The highest BCUT2D eigenvalue weighted by Crippen LogP contribution is 2.41. The lowest BCUT2D eigenvalue weighted by Gasteiger charge is -2.11. The van der Waals surface area contributed by atoms with Crippen LogP contribution in [0.3, 0.4) is 0 Å². The van der Waals surface area contributed by atoms with Gasteiger partial charge in [-0.05, 0) is 31.2 Å². The van der Waals surface area contributed by atoms with E-state index in [2.05, 4.69) is 38.9 Å². The van der Waals surface area contributed by atoms with Gasteiger partial charge < -0.3 is 21.7 Å². The van der Waals surface area contributed by atoms with Crippen LogP contribution in [0.25, 0.3) is 21.0 Å². The number of nitrogens with two attached hydrogens (primary N) is 1. The highest BCUT2D eigenvalue weighted by Gasteiger charge is 2.19. The number of benzene rings is 1. The smallest absolute Gasteiger partial charge is 0.252 e. The van der Waals surface area contributed by atoms with Gasteiger partial charge in [0.1, 0.15) is 5.82 Å². The van der Waals surface area contributed by atoms with Crippen LogP contribution in [0, 0.1) is 5.95 Å². The maximum Gasteiger partial charge on any atom is 0.252 e. The standard InChI is InChI=1S/C21H19FN6OS/c1-10-7-26-20-16(9-24-10)30-15-4-3-13-11(19(15)20)2-5-18(27-13)28-14-6-17(22)25-8-12(14)21(23)29/h2-6,8,10,24,26H,7,9H2,1H3,(H2,23,29)(H,25,27,28)/t10-/m1/s1. The number of anilines is 3. The van der Waals surface area contributed by atoms with Gasteiger partial charge in [-0.25, -0.2) is 9.97 Å². The van der Waals surface area contributed by atoms with Crippen molar-refractivity contribution in [1.82, 2.24) is 15.3 Å². The Hall–Kier alpha value is -3.30. The van der Waals surface area contributed by atoms with Gasteiger partial charge in [-0.1, -0.05) is 0 Å². The Morgan fingerprint density at radius 3 is 3.03 bits per heavy atom. The number of thiophene rings is 1. The monoisotopic (exact) mass is 422 g/mol. The Morgan fingerprint density at radius 2 is 2.20 bits per heavy atom. The van der Waals surface area contributed by atoms with Crippen molar-refractivity contribution in [1.29, 1.82) is 0 Å². The molecule has 4 aromatic rings. The summed E-state index contributed by atoms with van der Waals surface area (Å²) >= 11 is 1.78. The number of nitrogens with zero attached hydrogens (tertiary/aromatic N) is 2. The molecule has 0 aliphatic carbocycles. The van der Waals surface area contributed by atoms with Gasteiger partial charge in [-0.15, -0.1) is 11.3 Å². The van der Waals surface area contributed by atoms with E-state index in [0.717, 1.165) is 47.3 Å². The van der Waals surface area contributed by atoms with E-state index in [4.69, 9.17) is 5.73 Å². The fraction of sp³-hybridized carbons (Fsp3) is 0.190. The van der Waals surface area contributed by atoms with Crippen LogP contribution in [0.5, 0.6) is 0 Å². The molecular weight excluding hydrogens is 403 g/mol. The third-order valence-electron chi connectivity index (χ3n) is 5.19. The number of amides is 1. The van der Waals surface area contributed by atoms with Crippen molar-refractivity contribution in [3.8, 4) is 0 Å². The maximum atomic E-state index is 13.6. The lowest BCUT2D eigenvalue weighted by molar-refractivity contribution is 0.100. The molecule has 7 nitrogen and oxygen atoms in total. The summed E-state index contributed by atoms with van der Waals surface area (Å²) in [7, 11) is 0. The molecule has 5 N–H and O–H groups in total. The molecule has 1 aromatic carbocycles. The summed E-state index contributed by atoms with van der Waals surface area (Å²) in [5.74, 6) is -0.915. The van der Waals surface area contributed by atoms with Crippen molar-refractivity contribution in [2.75, 3.05) is 17.2 Å². The minimum atomic E-state index is -0.708. The van der Waals surface area contributed by atoms with Crippen LogP contribution in [0.1, 0.15) is 22.2 Å². The molecule has 1 aliphatic heterocycles. The minimum absolute atomic E-state index is 0.0997. The number of primary amides is 1. The van der Waals surface area contributed by atoms with Gasteiger partial charge in [-0.3, -0.25) is 4.79 Å². The number of nitrogens with one attached hydrogen (secondary N) is 3. The average molecular weight is 422 g/mol. The molecule has 30 heavy (non-hydrogen) atoms.